The zero-order chi connectivity index (χ0) is 18.9. The molecule has 0 aromatic heterocycles. The lowest BCUT2D eigenvalue weighted by Crippen LogP contribution is -2.39. The second-order valence-electron chi connectivity index (χ2n) is 5.47. The second-order valence-corrected chi connectivity index (χ2v) is 5.47. The van der Waals surface area contributed by atoms with Gasteiger partial charge in [-0.15, -0.1) is 0 Å². The van der Waals surface area contributed by atoms with Crippen LogP contribution in [0, 0.1) is 0 Å². The molecule has 0 fully saturated rings. The van der Waals surface area contributed by atoms with E-state index >= 15 is 0 Å². The van der Waals surface area contributed by atoms with Gasteiger partial charge in [0.1, 0.15) is 0 Å². The van der Waals surface area contributed by atoms with Crippen LogP contribution in [0.25, 0.3) is 0 Å². The number of phenols is 1. The lowest BCUT2D eigenvalue weighted by Gasteiger charge is -2.13. The molecule has 7 heteroatoms. The third-order valence-electron chi connectivity index (χ3n) is 3.52. The van der Waals surface area contributed by atoms with E-state index < -0.39 is 11.8 Å². The number of benzene rings is 2. The molecule has 0 spiro atoms. The summed E-state index contributed by atoms with van der Waals surface area (Å²) in [7, 11) is 0. The maximum Gasteiger partial charge on any atom is 0.329 e. The van der Waals surface area contributed by atoms with Gasteiger partial charge in [-0.2, -0.15) is 5.10 Å². The van der Waals surface area contributed by atoms with E-state index in [-0.39, 0.29) is 11.8 Å². The van der Waals surface area contributed by atoms with E-state index in [1.165, 1.54) is 12.3 Å². The molecule has 2 rings (SSSR count). The van der Waals surface area contributed by atoms with Gasteiger partial charge in [-0.1, -0.05) is 30.3 Å². The Morgan fingerprint density at radius 2 is 1.92 bits per heavy atom. The number of hydrazone groups is 1. The monoisotopic (exact) mass is 355 g/mol. The summed E-state index contributed by atoms with van der Waals surface area (Å²) in [5.74, 6) is -1.31. The summed E-state index contributed by atoms with van der Waals surface area (Å²) < 4.78 is 5.27. The Bertz CT molecular complexity index is 791. The topological polar surface area (TPSA) is 100 Å². The van der Waals surface area contributed by atoms with Gasteiger partial charge in [0.2, 0.25) is 0 Å². The molecule has 2 aromatic rings. The third kappa shape index (κ3) is 5.34. The predicted octanol–water partition coefficient (Wildman–Crippen LogP) is 2.12. The van der Waals surface area contributed by atoms with Gasteiger partial charge in [0.05, 0.1) is 18.9 Å². The Kier molecular flexibility index (Phi) is 6.73. The average molecular weight is 355 g/mol. The van der Waals surface area contributed by atoms with Crippen LogP contribution in [0.2, 0.25) is 0 Å². The average Bonchev–Trinajstić information content (AvgIpc) is 2.65. The highest BCUT2D eigenvalue weighted by atomic mass is 16.5. The Hall–Kier alpha value is -3.35. The van der Waals surface area contributed by atoms with Crippen molar-refractivity contribution in [2.24, 2.45) is 5.10 Å². The molecule has 0 aliphatic heterocycles. The molecule has 0 bridgehead atoms. The first kappa shape index (κ1) is 19.0. The van der Waals surface area contributed by atoms with E-state index in [1.807, 2.05) is 30.3 Å². The zero-order valence-corrected chi connectivity index (χ0v) is 14.6. The minimum absolute atomic E-state index is 0.0160. The Morgan fingerprint density at radius 3 is 2.62 bits per heavy atom. The van der Waals surface area contributed by atoms with Gasteiger partial charge in [0.15, 0.2) is 11.5 Å². The van der Waals surface area contributed by atoms with E-state index in [1.54, 1.807) is 26.0 Å². The van der Waals surface area contributed by atoms with Gasteiger partial charge in [-0.3, -0.25) is 9.59 Å². The standard InChI is InChI=1S/C19H21N3O4/c1-3-26-17-11-14(9-10-16(17)23)12-20-22-19(25)18(24)21-13(2)15-7-5-4-6-8-15/h4-13,23H,3H2,1-2H3,(H,21,24)(H,22,25)/b20-12+/t13-/m0/s1. The molecule has 2 amide bonds. The highest BCUT2D eigenvalue weighted by Gasteiger charge is 2.16. The van der Waals surface area contributed by atoms with Crippen LogP contribution < -0.4 is 15.5 Å². The molecule has 0 unspecified atom stereocenters. The van der Waals surface area contributed by atoms with Gasteiger partial charge in [-0.25, -0.2) is 5.43 Å². The van der Waals surface area contributed by atoms with E-state index in [9.17, 15) is 14.7 Å². The van der Waals surface area contributed by atoms with Gasteiger partial charge >= 0.3 is 11.8 Å². The van der Waals surface area contributed by atoms with Crippen molar-refractivity contribution < 1.29 is 19.4 Å². The van der Waals surface area contributed by atoms with Crippen molar-refractivity contribution in [3.8, 4) is 11.5 Å². The summed E-state index contributed by atoms with van der Waals surface area (Å²) >= 11 is 0. The molecule has 26 heavy (non-hydrogen) atoms. The van der Waals surface area contributed by atoms with E-state index in [4.69, 9.17) is 4.74 Å². The number of carbonyl (C=O) groups is 2. The Morgan fingerprint density at radius 1 is 1.19 bits per heavy atom. The second kappa shape index (κ2) is 9.22. The van der Waals surface area contributed by atoms with Crippen LogP contribution in [-0.4, -0.2) is 29.7 Å². The number of amides is 2. The minimum Gasteiger partial charge on any atom is -0.504 e. The molecule has 0 saturated heterocycles. The van der Waals surface area contributed by atoms with Crippen LogP contribution in [0.1, 0.15) is 31.0 Å². The third-order valence-corrected chi connectivity index (χ3v) is 3.52. The van der Waals surface area contributed by atoms with Crippen LogP contribution in [0.4, 0.5) is 0 Å². The number of hydrogen-bond donors (Lipinski definition) is 3. The summed E-state index contributed by atoms with van der Waals surface area (Å²) in [4.78, 5) is 23.7. The van der Waals surface area contributed by atoms with Gasteiger partial charge in [0, 0.05) is 0 Å². The van der Waals surface area contributed by atoms with Crippen molar-refractivity contribution >= 4 is 18.0 Å². The zero-order valence-electron chi connectivity index (χ0n) is 14.6. The number of phenolic OH excluding ortho intramolecular Hbond substituents is 1. The van der Waals surface area contributed by atoms with E-state index in [0.717, 1.165) is 5.56 Å². The molecular weight excluding hydrogens is 334 g/mol. The summed E-state index contributed by atoms with van der Waals surface area (Å²) in [6, 6.07) is 13.7. The Balaban J connectivity index is 1.90. The fraction of sp³-hybridized carbons (Fsp3) is 0.211. The summed E-state index contributed by atoms with van der Waals surface area (Å²) in [6.07, 6.45) is 1.35. The predicted molar refractivity (Wildman–Crippen MR) is 98.0 cm³/mol. The van der Waals surface area contributed by atoms with Crippen molar-refractivity contribution in [3.63, 3.8) is 0 Å². The van der Waals surface area contributed by atoms with Gasteiger partial charge in [0.25, 0.3) is 0 Å². The molecule has 7 nitrogen and oxygen atoms in total. The Labute approximate surface area is 151 Å². The number of hydrogen-bond acceptors (Lipinski definition) is 5. The summed E-state index contributed by atoms with van der Waals surface area (Å²) in [6.45, 7) is 4.00. The normalized spacial score (nSPS) is 11.8. The smallest absolute Gasteiger partial charge is 0.329 e. The largest absolute Gasteiger partial charge is 0.504 e. The van der Waals surface area contributed by atoms with E-state index in [0.29, 0.717) is 17.9 Å². The van der Waals surface area contributed by atoms with Crippen LogP contribution >= 0.6 is 0 Å². The van der Waals surface area contributed by atoms with Crippen molar-refractivity contribution in [2.45, 2.75) is 19.9 Å². The molecule has 3 N–H and O–H groups in total. The fourth-order valence-electron chi connectivity index (χ4n) is 2.19. The van der Waals surface area contributed by atoms with Crippen molar-refractivity contribution in [1.29, 1.82) is 0 Å². The van der Waals surface area contributed by atoms with Crippen molar-refractivity contribution in [3.05, 3.63) is 59.7 Å². The molecule has 136 valence electrons. The lowest BCUT2D eigenvalue weighted by atomic mass is 10.1. The molecule has 0 aliphatic carbocycles. The first-order chi connectivity index (χ1) is 12.5. The van der Waals surface area contributed by atoms with E-state index in [2.05, 4.69) is 15.8 Å². The van der Waals surface area contributed by atoms with Crippen LogP contribution in [0.3, 0.4) is 0 Å². The maximum atomic E-state index is 11.9. The highest BCUT2D eigenvalue weighted by Crippen LogP contribution is 2.26. The molecular formula is C19H21N3O4. The molecule has 0 saturated carbocycles. The number of nitrogens with one attached hydrogen (secondary N) is 2. The molecule has 1 atom stereocenters. The molecule has 0 radical (unpaired) electrons. The lowest BCUT2D eigenvalue weighted by molar-refractivity contribution is -0.139. The number of carbonyl (C=O) groups excluding carboxylic acids is 2. The fourth-order valence-corrected chi connectivity index (χ4v) is 2.19. The minimum atomic E-state index is -0.868. The quantitative estimate of drug-likeness (QED) is 0.420. The number of rotatable bonds is 6. The number of ether oxygens (including phenoxy) is 1. The molecule has 2 aromatic carbocycles. The van der Waals surface area contributed by atoms with Crippen LogP contribution in [0.5, 0.6) is 11.5 Å². The summed E-state index contributed by atoms with van der Waals surface area (Å²) in [5, 5.41) is 16.0. The van der Waals surface area contributed by atoms with Crippen molar-refractivity contribution in [2.75, 3.05) is 6.61 Å². The van der Waals surface area contributed by atoms with Crippen LogP contribution in [-0.2, 0) is 9.59 Å². The van der Waals surface area contributed by atoms with Gasteiger partial charge < -0.3 is 15.2 Å². The first-order valence-corrected chi connectivity index (χ1v) is 8.16. The first-order valence-electron chi connectivity index (χ1n) is 8.16. The highest BCUT2D eigenvalue weighted by molar-refractivity contribution is 6.35. The maximum absolute atomic E-state index is 11.9. The number of aromatic hydroxyl groups is 1. The van der Waals surface area contributed by atoms with Crippen molar-refractivity contribution in [1.82, 2.24) is 10.7 Å². The molecule has 0 aliphatic rings. The van der Waals surface area contributed by atoms with Gasteiger partial charge in [-0.05, 0) is 43.2 Å². The summed E-state index contributed by atoms with van der Waals surface area (Å²) in [5.41, 5.74) is 3.66. The SMILES string of the molecule is CCOc1cc(/C=N/NC(=O)C(=O)N[C@@H](C)c2ccccc2)ccc1O. The van der Waals surface area contributed by atoms with Crippen LogP contribution in [0.15, 0.2) is 53.6 Å². The number of nitrogens with zero attached hydrogens (tertiary/aromatic N) is 1. The molecule has 0 heterocycles.